The second kappa shape index (κ2) is 7.66. The molecule has 0 aromatic heterocycles. The van der Waals surface area contributed by atoms with Crippen LogP contribution in [0.5, 0.6) is 0 Å². The van der Waals surface area contributed by atoms with Crippen LogP contribution in [0.4, 0.5) is 13.2 Å². The Morgan fingerprint density at radius 1 is 1.00 bits per heavy atom. The van der Waals surface area contributed by atoms with Crippen LogP contribution >= 0.6 is 11.6 Å². The molecule has 0 fully saturated rings. The molecule has 0 aliphatic rings. The van der Waals surface area contributed by atoms with Crippen molar-refractivity contribution in [2.24, 2.45) is 0 Å². The minimum Gasteiger partial charge on any atom is -0.224 e. The lowest BCUT2D eigenvalue weighted by Crippen LogP contribution is -2.31. The molecule has 0 aliphatic heterocycles. The first kappa shape index (κ1) is 22.7. The average molecular weight is 456 g/mol. The van der Waals surface area contributed by atoms with E-state index in [-0.39, 0.29) is 9.92 Å². The van der Waals surface area contributed by atoms with Gasteiger partial charge in [-0.2, -0.15) is 17.5 Å². The third kappa shape index (κ3) is 4.68. The van der Waals surface area contributed by atoms with E-state index in [1.807, 2.05) is 0 Å². The summed E-state index contributed by atoms with van der Waals surface area (Å²) in [5.41, 5.74) is -0.938. The molecule has 2 rings (SSSR count). The molecule has 0 spiro atoms. The molecule has 0 aliphatic carbocycles. The molecule has 0 N–H and O–H groups in total. The Labute approximate surface area is 166 Å². The summed E-state index contributed by atoms with van der Waals surface area (Å²) >= 11 is 5.61. The van der Waals surface area contributed by atoms with Gasteiger partial charge in [0.1, 0.15) is 0 Å². The number of sulfone groups is 1. The van der Waals surface area contributed by atoms with Gasteiger partial charge in [-0.15, -0.1) is 0 Å². The summed E-state index contributed by atoms with van der Waals surface area (Å²) in [5, 5.41) is -0.238. The minimum absolute atomic E-state index is 0.0472. The van der Waals surface area contributed by atoms with Crippen molar-refractivity contribution >= 4 is 31.5 Å². The van der Waals surface area contributed by atoms with Gasteiger partial charge in [0.15, 0.2) is 9.84 Å². The molecule has 0 radical (unpaired) electrons. The molecule has 28 heavy (non-hydrogen) atoms. The first-order chi connectivity index (χ1) is 12.7. The van der Waals surface area contributed by atoms with Crippen LogP contribution in [-0.4, -0.2) is 34.4 Å². The summed E-state index contributed by atoms with van der Waals surface area (Å²) in [4.78, 5) is -0.863. The Balaban J connectivity index is 2.47. The number of rotatable bonds is 5. The molecule has 0 unspecified atom stereocenters. The van der Waals surface area contributed by atoms with Gasteiger partial charge in [-0.25, -0.2) is 16.8 Å². The maximum Gasteiger partial charge on any atom is 0.417 e. The van der Waals surface area contributed by atoms with Crippen molar-refractivity contribution in [1.82, 2.24) is 4.31 Å². The minimum atomic E-state index is -4.91. The molecule has 0 saturated carbocycles. The summed E-state index contributed by atoms with van der Waals surface area (Å²) in [7, 11) is -6.80. The quantitative estimate of drug-likeness (QED) is 0.679. The molecule has 0 saturated heterocycles. The van der Waals surface area contributed by atoms with Crippen LogP contribution in [0.3, 0.4) is 0 Å². The van der Waals surface area contributed by atoms with Crippen LogP contribution in [0.2, 0.25) is 5.02 Å². The maximum absolute atomic E-state index is 13.3. The fraction of sp³-hybridized carbons (Fsp3) is 0.294. The lowest BCUT2D eigenvalue weighted by molar-refractivity contribution is -0.139. The van der Waals surface area contributed by atoms with Gasteiger partial charge in [-0.05, 0) is 42.8 Å². The van der Waals surface area contributed by atoms with Crippen molar-refractivity contribution in [1.29, 1.82) is 0 Å². The zero-order valence-corrected chi connectivity index (χ0v) is 17.4. The summed E-state index contributed by atoms with van der Waals surface area (Å²) in [6.45, 7) is 1.48. The van der Waals surface area contributed by atoms with Gasteiger partial charge in [-0.3, -0.25) is 0 Å². The van der Waals surface area contributed by atoms with Crippen molar-refractivity contribution in [3.8, 4) is 0 Å². The second-order valence-corrected chi connectivity index (χ2v) is 10.6. The van der Waals surface area contributed by atoms with E-state index in [9.17, 15) is 30.0 Å². The first-order valence-electron chi connectivity index (χ1n) is 7.80. The van der Waals surface area contributed by atoms with Gasteiger partial charge < -0.3 is 0 Å². The molecule has 5 nitrogen and oxygen atoms in total. The molecule has 1 atom stereocenters. The Morgan fingerprint density at radius 2 is 1.54 bits per heavy atom. The molecule has 0 bridgehead atoms. The topological polar surface area (TPSA) is 71.5 Å². The lowest BCUT2D eigenvalue weighted by atomic mass is 10.1. The first-order valence-corrected chi connectivity index (χ1v) is 11.5. The number of nitrogens with zero attached hydrogens (tertiary/aromatic N) is 1. The van der Waals surface area contributed by atoms with E-state index >= 15 is 0 Å². The summed E-state index contributed by atoms with van der Waals surface area (Å²) in [6, 6.07) is 7.05. The van der Waals surface area contributed by atoms with Crippen LogP contribution in [0.25, 0.3) is 0 Å². The Bertz CT molecular complexity index is 1080. The number of hydrogen-bond donors (Lipinski definition) is 0. The number of hydrogen-bond acceptors (Lipinski definition) is 4. The predicted octanol–water partition coefficient (Wildman–Crippen LogP) is 4.14. The third-order valence-electron chi connectivity index (χ3n) is 4.24. The van der Waals surface area contributed by atoms with Crippen LogP contribution < -0.4 is 0 Å². The van der Waals surface area contributed by atoms with Gasteiger partial charge in [0.25, 0.3) is 0 Å². The van der Waals surface area contributed by atoms with E-state index in [0.29, 0.717) is 11.6 Å². The molecule has 2 aromatic carbocycles. The fourth-order valence-electron chi connectivity index (χ4n) is 2.52. The van der Waals surface area contributed by atoms with Gasteiger partial charge >= 0.3 is 6.18 Å². The Morgan fingerprint density at radius 3 is 2.00 bits per heavy atom. The third-order valence-corrected chi connectivity index (χ3v) is 7.59. The Kier molecular flexibility index (Phi) is 6.20. The van der Waals surface area contributed by atoms with Crippen molar-refractivity contribution < 1.29 is 30.0 Å². The van der Waals surface area contributed by atoms with E-state index in [1.54, 1.807) is 0 Å². The van der Waals surface area contributed by atoms with Crippen molar-refractivity contribution in [2.45, 2.75) is 28.9 Å². The zero-order valence-electron chi connectivity index (χ0n) is 15.0. The Hall–Kier alpha value is -1.62. The van der Waals surface area contributed by atoms with E-state index in [2.05, 4.69) is 0 Å². The van der Waals surface area contributed by atoms with Gasteiger partial charge in [0.05, 0.1) is 15.4 Å². The van der Waals surface area contributed by atoms with Crippen LogP contribution in [-0.2, 0) is 26.0 Å². The van der Waals surface area contributed by atoms with Crippen LogP contribution in [0.15, 0.2) is 52.3 Å². The van der Waals surface area contributed by atoms with Gasteiger partial charge in [-0.1, -0.05) is 23.7 Å². The molecular weight excluding hydrogens is 439 g/mol. The highest BCUT2D eigenvalue weighted by atomic mass is 35.5. The van der Waals surface area contributed by atoms with Crippen molar-refractivity contribution in [2.75, 3.05) is 13.3 Å². The number of sulfonamides is 1. The van der Waals surface area contributed by atoms with Crippen molar-refractivity contribution in [3.05, 3.63) is 58.6 Å². The highest BCUT2D eigenvalue weighted by molar-refractivity contribution is 7.90. The number of halogens is 4. The van der Waals surface area contributed by atoms with E-state index in [4.69, 9.17) is 11.6 Å². The maximum atomic E-state index is 13.3. The largest absolute Gasteiger partial charge is 0.417 e. The molecule has 154 valence electrons. The van der Waals surface area contributed by atoms with Crippen molar-refractivity contribution in [3.63, 3.8) is 0 Å². The predicted molar refractivity (Wildman–Crippen MR) is 99.4 cm³/mol. The summed E-state index contributed by atoms with van der Waals surface area (Å²) in [6.07, 6.45) is -3.88. The van der Waals surface area contributed by atoms with Crippen LogP contribution in [0.1, 0.15) is 24.1 Å². The average Bonchev–Trinajstić information content (AvgIpc) is 2.58. The molecule has 2 aromatic rings. The normalized spacial score (nSPS) is 14.3. The summed E-state index contributed by atoms with van der Waals surface area (Å²) in [5.74, 6) is 0. The SMILES string of the molecule is C[C@@H](c1ccc(S(C)(=O)=O)cc1)N(C)S(=O)(=O)c1ccc(Cl)cc1C(F)(F)F. The van der Waals surface area contributed by atoms with E-state index in [1.165, 1.54) is 31.2 Å². The lowest BCUT2D eigenvalue weighted by Gasteiger charge is -2.26. The van der Waals surface area contributed by atoms with Gasteiger partial charge in [0, 0.05) is 24.4 Å². The smallest absolute Gasteiger partial charge is 0.224 e. The van der Waals surface area contributed by atoms with Crippen LogP contribution in [0, 0.1) is 0 Å². The summed E-state index contributed by atoms with van der Waals surface area (Å²) < 4.78 is 89.4. The second-order valence-electron chi connectivity index (χ2n) is 6.18. The fourth-order valence-corrected chi connectivity index (χ4v) is 4.86. The monoisotopic (exact) mass is 455 g/mol. The van der Waals surface area contributed by atoms with E-state index < -0.39 is 42.5 Å². The number of benzene rings is 2. The molecule has 11 heteroatoms. The highest BCUT2D eigenvalue weighted by Crippen LogP contribution is 2.38. The zero-order chi connectivity index (χ0) is 21.5. The highest BCUT2D eigenvalue weighted by Gasteiger charge is 2.39. The molecular formula is C17H17ClF3NO4S2. The molecule has 0 heterocycles. The molecule has 0 amide bonds. The van der Waals surface area contributed by atoms with Gasteiger partial charge in [0.2, 0.25) is 10.0 Å². The number of alkyl halides is 3. The van der Waals surface area contributed by atoms with E-state index in [0.717, 1.165) is 29.7 Å². The standard InChI is InChI=1S/C17H17ClF3NO4S2/c1-11(12-4-7-14(8-5-12)27(3,23)24)22(2)28(25,26)16-9-6-13(18)10-15(16)17(19,20)21/h4-11H,1-3H3/t11-/m0/s1.